The molecule has 1 atom stereocenters. The summed E-state index contributed by atoms with van der Waals surface area (Å²) in [6.45, 7) is 5.80. The number of anilines is 1. The number of rotatable bonds is 8. The van der Waals surface area contributed by atoms with Crippen molar-refractivity contribution in [3.05, 3.63) is 77.7 Å². The number of nitrogens with zero attached hydrogens (tertiary/aromatic N) is 3. The van der Waals surface area contributed by atoms with Gasteiger partial charge in [0.25, 0.3) is 0 Å². The number of carbonyl (C=O) groups excluding carboxylic acids is 1. The Morgan fingerprint density at radius 2 is 1.85 bits per heavy atom. The van der Waals surface area contributed by atoms with Gasteiger partial charge in [0.1, 0.15) is 6.10 Å². The standard InChI is InChI=1S/C31H34N4O4/c1-20-16-24(31-32-21(2)39-34-31)11-13-27(20)23-9-7-22(8-10-23)17-30(36)33-25-12-14-28(37-4)29(18-25)38-26-6-5-15-35(3)19-26/h7-14,16,18,26H,5-6,15,17,19H2,1-4H3,(H,33,36). The van der Waals surface area contributed by atoms with Crippen molar-refractivity contribution in [1.29, 1.82) is 0 Å². The molecule has 1 unspecified atom stereocenters. The van der Waals surface area contributed by atoms with E-state index in [0.717, 1.165) is 53.7 Å². The smallest absolute Gasteiger partial charge is 0.228 e. The van der Waals surface area contributed by atoms with E-state index in [9.17, 15) is 4.79 Å². The Hall–Kier alpha value is -4.17. The molecule has 0 saturated carbocycles. The van der Waals surface area contributed by atoms with Crippen molar-refractivity contribution in [2.75, 3.05) is 32.6 Å². The lowest BCUT2D eigenvalue weighted by molar-refractivity contribution is -0.115. The van der Waals surface area contributed by atoms with E-state index in [4.69, 9.17) is 14.0 Å². The fourth-order valence-electron chi connectivity index (χ4n) is 4.98. The van der Waals surface area contributed by atoms with Crippen molar-refractivity contribution in [1.82, 2.24) is 15.0 Å². The van der Waals surface area contributed by atoms with Crippen LogP contribution < -0.4 is 14.8 Å². The minimum atomic E-state index is -0.0906. The lowest BCUT2D eigenvalue weighted by Crippen LogP contribution is -2.38. The van der Waals surface area contributed by atoms with Crippen LogP contribution in [0.5, 0.6) is 11.5 Å². The van der Waals surface area contributed by atoms with Crippen molar-refractivity contribution >= 4 is 11.6 Å². The van der Waals surface area contributed by atoms with E-state index >= 15 is 0 Å². The number of nitrogens with one attached hydrogen (secondary N) is 1. The first kappa shape index (κ1) is 26.4. The average molecular weight is 527 g/mol. The molecule has 3 aromatic carbocycles. The maximum Gasteiger partial charge on any atom is 0.228 e. The van der Waals surface area contributed by atoms with Gasteiger partial charge in [-0.15, -0.1) is 0 Å². The molecule has 4 aromatic rings. The average Bonchev–Trinajstić information content (AvgIpc) is 3.36. The summed E-state index contributed by atoms with van der Waals surface area (Å²) >= 11 is 0. The van der Waals surface area contributed by atoms with Crippen LogP contribution in [0.25, 0.3) is 22.5 Å². The molecule has 1 N–H and O–H groups in total. The van der Waals surface area contributed by atoms with Gasteiger partial charge in [0.2, 0.25) is 17.6 Å². The van der Waals surface area contributed by atoms with Crippen molar-refractivity contribution < 1.29 is 18.8 Å². The summed E-state index contributed by atoms with van der Waals surface area (Å²) in [4.78, 5) is 19.4. The largest absolute Gasteiger partial charge is 0.493 e. The van der Waals surface area contributed by atoms with Gasteiger partial charge in [-0.05, 0) is 73.8 Å². The first-order valence-corrected chi connectivity index (χ1v) is 13.2. The second-order valence-electron chi connectivity index (χ2n) is 10.1. The molecule has 0 spiro atoms. The maximum atomic E-state index is 12.9. The van der Waals surface area contributed by atoms with Crippen LogP contribution in [0, 0.1) is 13.8 Å². The van der Waals surface area contributed by atoms with E-state index in [1.807, 2.05) is 48.5 Å². The van der Waals surface area contributed by atoms with Crippen LogP contribution in [0.4, 0.5) is 5.69 Å². The summed E-state index contributed by atoms with van der Waals surface area (Å²) in [6.07, 6.45) is 2.47. The van der Waals surface area contributed by atoms with Crippen molar-refractivity contribution in [2.45, 2.75) is 39.2 Å². The molecule has 1 saturated heterocycles. The van der Waals surface area contributed by atoms with Gasteiger partial charge in [0.15, 0.2) is 11.5 Å². The van der Waals surface area contributed by atoms with Crippen LogP contribution in [0.1, 0.15) is 29.9 Å². The molecule has 0 radical (unpaired) electrons. The Balaban J connectivity index is 1.22. The molecular formula is C31H34N4O4. The fourth-order valence-corrected chi connectivity index (χ4v) is 4.98. The number of carbonyl (C=O) groups is 1. The van der Waals surface area contributed by atoms with E-state index in [2.05, 4.69) is 46.5 Å². The van der Waals surface area contributed by atoms with E-state index < -0.39 is 0 Å². The lowest BCUT2D eigenvalue weighted by Gasteiger charge is -2.30. The maximum absolute atomic E-state index is 12.9. The fraction of sp³-hybridized carbons (Fsp3) is 0.323. The van der Waals surface area contributed by atoms with Gasteiger partial charge in [0, 0.05) is 30.8 Å². The van der Waals surface area contributed by atoms with Gasteiger partial charge in [-0.25, -0.2) is 0 Å². The topological polar surface area (TPSA) is 89.7 Å². The molecule has 1 aliphatic rings. The number of methoxy groups -OCH3 is 1. The third-order valence-corrected chi connectivity index (χ3v) is 6.96. The molecule has 2 heterocycles. The summed E-state index contributed by atoms with van der Waals surface area (Å²) < 4.78 is 16.8. The molecule has 39 heavy (non-hydrogen) atoms. The predicted molar refractivity (Wildman–Crippen MR) is 151 cm³/mol. The predicted octanol–water partition coefficient (Wildman–Crippen LogP) is 5.68. The van der Waals surface area contributed by atoms with Crippen molar-refractivity contribution in [3.8, 4) is 34.0 Å². The number of benzene rings is 3. The Morgan fingerprint density at radius 1 is 1.05 bits per heavy atom. The summed E-state index contributed by atoms with van der Waals surface area (Å²) in [7, 11) is 3.73. The van der Waals surface area contributed by atoms with E-state index in [-0.39, 0.29) is 18.4 Å². The van der Waals surface area contributed by atoms with Gasteiger partial charge in [-0.1, -0.05) is 41.6 Å². The molecule has 1 aliphatic heterocycles. The van der Waals surface area contributed by atoms with Gasteiger partial charge in [-0.2, -0.15) is 4.98 Å². The van der Waals surface area contributed by atoms with Crippen molar-refractivity contribution in [3.63, 3.8) is 0 Å². The molecule has 0 aliphatic carbocycles. The van der Waals surface area contributed by atoms with Crippen LogP contribution in [0.15, 0.2) is 65.2 Å². The Labute approximate surface area is 228 Å². The van der Waals surface area contributed by atoms with E-state index in [1.54, 1.807) is 14.0 Å². The summed E-state index contributed by atoms with van der Waals surface area (Å²) in [6, 6.07) is 19.7. The molecule has 0 bridgehead atoms. The van der Waals surface area contributed by atoms with Crippen molar-refractivity contribution in [2.24, 2.45) is 0 Å². The Kier molecular flexibility index (Phi) is 7.93. The molecule has 1 aromatic heterocycles. The first-order valence-electron chi connectivity index (χ1n) is 13.2. The number of hydrogen-bond donors (Lipinski definition) is 1. The van der Waals surface area contributed by atoms with Crippen LogP contribution in [-0.4, -0.2) is 54.3 Å². The quantitative estimate of drug-likeness (QED) is 0.316. The molecule has 5 rings (SSSR count). The number of ether oxygens (including phenoxy) is 2. The summed E-state index contributed by atoms with van der Waals surface area (Å²) in [5.41, 5.74) is 5.84. The molecule has 1 fully saturated rings. The number of aromatic nitrogens is 2. The zero-order chi connectivity index (χ0) is 27.4. The first-order chi connectivity index (χ1) is 18.9. The van der Waals surface area contributed by atoms with Gasteiger partial charge in [-0.3, -0.25) is 4.79 Å². The highest BCUT2D eigenvalue weighted by Crippen LogP contribution is 2.32. The van der Waals surface area contributed by atoms with Crippen LogP contribution in [0.2, 0.25) is 0 Å². The highest BCUT2D eigenvalue weighted by Gasteiger charge is 2.20. The molecule has 8 heteroatoms. The molecule has 8 nitrogen and oxygen atoms in total. The lowest BCUT2D eigenvalue weighted by atomic mass is 9.97. The third kappa shape index (κ3) is 6.46. The van der Waals surface area contributed by atoms with Crippen LogP contribution in [-0.2, 0) is 11.2 Å². The SMILES string of the molecule is COc1ccc(NC(=O)Cc2ccc(-c3ccc(-c4noc(C)n4)cc3C)cc2)cc1OC1CCCN(C)C1. The van der Waals surface area contributed by atoms with Gasteiger partial charge in [0.05, 0.1) is 13.5 Å². The highest BCUT2D eigenvalue weighted by atomic mass is 16.5. The monoisotopic (exact) mass is 526 g/mol. The highest BCUT2D eigenvalue weighted by molar-refractivity contribution is 5.92. The summed E-state index contributed by atoms with van der Waals surface area (Å²) in [5.74, 6) is 2.34. The number of likely N-dealkylation sites (N-methyl/N-ethyl adjacent to an activating group) is 1. The second-order valence-corrected chi connectivity index (χ2v) is 10.1. The third-order valence-electron chi connectivity index (χ3n) is 6.96. The second kappa shape index (κ2) is 11.7. The number of aryl methyl sites for hydroxylation is 2. The van der Waals surface area contributed by atoms with Gasteiger partial charge < -0.3 is 24.2 Å². The van der Waals surface area contributed by atoms with E-state index in [1.165, 1.54) is 0 Å². The zero-order valence-electron chi connectivity index (χ0n) is 22.9. The number of hydrogen-bond acceptors (Lipinski definition) is 7. The number of piperidine rings is 1. The molecular weight excluding hydrogens is 492 g/mol. The normalized spacial score (nSPS) is 15.6. The number of likely N-dealkylation sites (tertiary alicyclic amines) is 1. The Bertz CT molecular complexity index is 1450. The molecule has 202 valence electrons. The van der Waals surface area contributed by atoms with Crippen LogP contribution >= 0.6 is 0 Å². The Morgan fingerprint density at radius 3 is 2.54 bits per heavy atom. The van der Waals surface area contributed by atoms with Crippen LogP contribution in [0.3, 0.4) is 0 Å². The van der Waals surface area contributed by atoms with E-state index in [0.29, 0.717) is 28.9 Å². The minimum Gasteiger partial charge on any atom is -0.493 e. The zero-order valence-corrected chi connectivity index (χ0v) is 22.9. The summed E-state index contributed by atoms with van der Waals surface area (Å²) in [5, 5.41) is 7.00. The minimum absolute atomic E-state index is 0.0906. The number of amides is 1. The molecule has 1 amide bonds. The van der Waals surface area contributed by atoms with Gasteiger partial charge >= 0.3 is 0 Å².